The highest BCUT2D eigenvalue weighted by Gasteiger charge is 2.17. The summed E-state index contributed by atoms with van der Waals surface area (Å²) in [5.74, 6) is 0. The van der Waals surface area contributed by atoms with Crippen molar-refractivity contribution in [3.63, 3.8) is 0 Å². The average Bonchev–Trinajstić information content (AvgIpc) is 2.40. The van der Waals surface area contributed by atoms with Gasteiger partial charge in [-0.1, -0.05) is 68.8 Å². The molecule has 0 fully saturated rings. The maximum atomic E-state index is 10.5. The first-order valence-corrected chi connectivity index (χ1v) is 7.22. The van der Waals surface area contributed by atoms with E-state index in [0.717, 1.165) is 16.7 Å². The normalized spacial score (nSPS) is 13.3. The van der Waals surface area contributed by atoms with Crippen LogP contribution in [0.25, 0.3) is 0 Å². The fourth-order valence-corrected chi connectivity index (χ4v) is 2.45. The summed E-state index contributed by atoms with van der Waals surface area (Å²) in [5.41, 5.74) is 4.07. The summed E-state index contributed by atoms with van der Waals surface area (Å²) in [6, 6.07) is 13.8. The van der Waals surface area contributed by atoms with Crippen LogP contribution < -0.4 is 0 Å². The lowest BCUT2D eigenvalue weighted by Gasteiger charge is -2.20. The van der Waals surface area contributed by atoms with Gasteiger partial charge in [0.1, 0.15) is 6.10 Å². The van der Waals surface area contributed by atoms with Gasteiger partial charge in [0, 0.05) is 5.02 Å². The SMILES string of the molecule is Cc1c(Cl)cccc1C(O)c1ccc(C(C)(C)C)cc1. The van der Waals surface area contributed by atoms with Crippen molar-refractivity contribution in [1.82, 2.24) is 0 Å². The van der Waals surface area contributed by atoms with E-state index in [9.17, 15) is 5.11 Å². The Bertz CT molecular complexity index is 594. The number of halogens is 1. The van der Waals surface area contributed by atoms with E-state index in [1.54, 1.807) is 0 Å². The largest absolute Gasteiger partial charge is 0.384 e. The third-order valence-corrected chi connectivity index (χ3v) is 4.11. The molecule has 0 amide bonds. The molecule has 0 aliphatic carbocycles. The van der Waals surface area contributed by atoms with Crippen molar-refractivity contribution in [2.45, 2.75) is 39.2 Å². The van der Waals surface area contributed by atoms with Crippen LogP contribution in [0.4, 0.5) is 0 Å². The fraction of sp³-hybridized carbons (Fsp3) is 0.333. The van der Waals surface area contributed by atoms with Crippen LogP contribution in [0.5, 0.6) is 0 Å². The van der Waals surface area contributed by atoms with Crippen LogP contribution in [0.3, 0.4) is 0 Å². The van der Waals surface area contributed by atoms with Crippen LogP contribution in [0, 0.1) is 6.92 Å². The minimum Gasteiger partial charge on any atom is -0.384 e. The number of hydrogen-bond acceptors (Lipinski definition) is 1. The molecular formula is C18H21ClO. The van der Waals surface area contributed by atoms with E-state index in [0.29, 0.717) is 5.02 Å². The summed E-state index contributed by atoms with van der Waals surface area (Å²) in [7, 11) is 0. The Labute approximate surface area is 126 Å². The van der Waals surface area contributed by atoms with E-state index in [4.69, 9.17) is 11.6 Å². The first kappa shape index (κ1) is 15.1. The zero-order valence-electron chi connectivity index (χ0n) is 12.4. The van der Waals surface area contributed by atoms with Crippen LogP contribution in [-0.4, -0.2) is 5.11 Å². The van der Waals surface area contributed by atoms with Crippen LogP contribution in [-0.2, 0) is 5.41 Å². The highest BCUT2D eigenvalue weighted by Crippen LogP contribution is 2.30. The van der Waals surface area contributed by atoms with Gasteiger partial charge in [0.2, 0.25) is 0 Å². The number of benzene rings is 2. The van der Waals surface area contributed by atoms with Crippen LogP contribution in [0.15, 0.2) is 42.5 Å². The van der Waals surface area contributed by atoms with E-state index in [1.807, 2.05) is 37.3 Å². The number of rotatable bonds is 2. The Kier molecular flexibility index (Phi) is 4.22. The Morgan fingerprint density at radius 3 is 2.15 bits per heavy atom. The second-order valence-corrected chi connectivity index (χ2v) is 6.64. The van der Waals surface area contributed by atoms with Gasteiger partial charge in [-0.15, -0.1) is 0 Å². The predicted octanol–water partition coefficient (Wildman–Crippen LogP) is 5.03. The van der Waals surface area contributed by atoms with Crippen molar-refractivity contribution in [2.24, 2.45) is 0 Å². The van der Waals surface area contributed by atoms with Gasteiger partial charge in [-0.25, -0.2) is 0 Å². The molecule has 1 N–H and O–H groups in total. The lowest BCUT2D eigenvalue weighted by molar-refractivity contribution is 0.219. The molecule has 20 heavy (non-hydrogen) atoms. The molecule has 0 aliphatic heterocycles. The van der Waals surface area contributed by atoms with E-state index >= 15 is 0 Å². The van der Waals surface area contributed by atoms with Gasteiger partial charge in [-0.2, -0.15) is 0 Å². The van der Waals surface area contributed by atoms with Crippen molar-refractivity contribution < 1.29 is 5.11 Å². The Morgan fingerprint density at radius 1 is 1.00 bits per heavy atom. The summed E-state index contributed by atoms with van der Waals surface area (Å²) >= 11 is 6.12. The van der Waals surface area contributed by atoms with E-state index in [1.165, 1.54) is 5.56 Å². The molecule has 2 aromatic rings. The zero-order chi connectivity index (χ0) is 14.9. The van der Waals surface area contributed by atoms with Gasteiger partial charge in [0.15, 0.2) is 0 Å². The number of aliphatic hydroxyl groups excluding tert-OH is 1. The molecule has 0 saturated heterocycles. The molecule has 0 heterocycles. The van der Waals surface area contributed by atoms with Crippen molar-refractivity contribution >= 4 is 11.6 Å². The van der Waals surface area contributed by atoms with Crippen molar-refractivity contribution in [3.8, 4) is 0 Å². The number of aliphatic hydroxyl groups is 1. The molecule has 2 heteroatoms. The van der Waals surface area contributed by atoms with Crippen molar-refractivity contribution in [3.05, 3.63) is 69.7 Å². The maximum absolute atomic E-state index is 10.5. The summed E-state index contributed by atoms with van der Waals surface area (Å²) in [6.07, 6.45) is -0.636. The third-order valence-electron chi connectivity index (χ3n) is 3.70. The molecule has 0 radical (unpaired) electrons. The summed E-state index contributed by atoms with van der Waals surface area (Å²) in [6.45, 7) is 8.48. The predicted molar refractivity (Wildman–Crippen MR) is 85.4 cm³/mol. The minimum atomic E-state index is -0.636. The standard InChI is InChI=1S/C18H21ClO/c1-12-15(6-5-7-16(12)19)17(20)13-8-10-14(11-9-13)18(2,3)4/h5-11,17,20H,1-4H3. The van der Waals surface area contributed by atoms with Gasteiger partial charge in [-0.05, 0) is 40.7 Å². The second kappa shape index (κ2) is 5.59. The zero-order valence-corrected chi connectivity index (χ0v) is 13.2. The minimum absolute atomic E-state index is 0.120. The molecule has 106 valence electrons. The Morgan fingerprint density at radius 2 is 1.60 bits per heavy atom. The molecule has 0 aliphatic rings. The summed E-state index contributed by atoms with van der Waals surface area (Å²) < 4.78 is 0. The molecular weight excluding hydrogens is 268 g/mol. The topological polar surface area (TPSA) is 20.2 Å². The number of hydrogen-bond donors (Lipinski definition) is 1. The van der Waals surface area contributed by atoms with Crippen LogP contribution in [0.1, 0.15) is 49.1 Å². The quantitative estimate of drug-likeness (QED) is 0.822. The summed E-state index contributed by atoms with van der Waals surface area (Å²) in [4.78, 5) is 0. The molecule has 2 rings (SSSR count). The molecule has 1 unspecified atom stereocenters. The fourth-order valence-electron chi connectivity index (χ4n) is 2.27. The molecule has 1 atom stereocenters. The molecule has 0 saturated carbocycles. The molecule has 2 aromatic carbocycles. The van der Waals surface area contributed by atoms with E-state index in [-0.39, 0.29) is 5.41 Å². The van der Waals surface area contributed by atoms with Crippen molar-refractivity contribution in [2.75, 3.05) is 0 Å². The smallest absolute Gasteiger partial charge is 0.104 e. The maximum Gasteiger partial charge on any atom is 0.104 e. The highest BCUT2D eigenvalue weighted by molar-refractivity contribution is 6.31. The first-order chi connectivity index (χ1) is 9.30. The average molecular weight is 289 g/mol. The van der Waals surface area contributed by atoms with Gasteiger partial charge < -0.3 is 5.11 Å². The lowest BCUT2D eigenvalue weighted by Crippen LogP contribution is -2.11. The lowest BCUT2D eigenvalue weighted by atomic mass is 9.86. The van der Waals surface area contributed by atoms with Crippen molar-refractivity contribution in [1.29, 1.82) is 0 Å². The molecule has 0 bridgehead atoms. The Balaban J connectivity index is 2.34. The third kappa shape index (κ3) is 3.05. The molecule has 0 spiro atoms. The van der Waals surface area contributed by atoms with Crippen LogP contribution >= 0.6 is 11.6 Å². The molecule has 0 aromatic heterocycles. The first-order valence-electron chi connectivity index (χ1n) is 6.84. The van der Waals surface area contributed by atoms with E-state index < -0.39 is 6.10 Å². The highest BCUT2D eigenvalue weighted by atomic mass is 35.5. The van der Waals surface area contributed by atoms with Gasteiger partial charge >= 0.3 is 0 Å². The second-order valence-electron chi connectivity index (χ2n) is 6.23. The van der Waals surface area contributed by atoms with Gasteiger partial charge in [-0.3, -0.25) is 0 Å². The van der Waals surface area contributed by atoms with Gasteiger partial charge in [0.05, 0.1) is 0 Å². The molecule has 1 nitrogen and oxygen atoms in total. The monoisotopic (exact) mass is 288 g/mol. The summed E-state index contributed by atoms with van der Waals surface area (Å²) in [5, 5.41) is 11.2. The van der Waals surface area contributed by atoms with Gasteiger partial charge in [0.25, 0.3) is 0 Å². The van der Waals surface area contributed by atoms with Crippen LogP contribution in [0.2, 0.25) is 5.02 Å². The Hall–Kier alpha value is -1.31. The van der Waals surface area contributed by atoms with E-state index in [2.05, 4.69) is 32.9 Å².